The van der Waals surface area contributed by atoms with Gasteiger partial charge in [0.05, 0.1) is 6.04 Å². The molecule has 0 bridgehead atoms. The van der Waals surface area contributed by atoms with Crippen molar-refractivity contribution < 1.29 is 4.39 Å². The number of aromatic nitrogens is 3. The number of benzene rings is 1. The summed E-state index contributed by atoms with van der Waals surface area (Å²) in [6, 6.07) is 6.07. The summed E-state index contributed by atoms with van der Waals surface area (Å²) in [5, 5.41) is 2.98. The molecule has 2 rings (SSSR count). The Morgan fingerprint density at radius 2 is 2.11 bits per heavy atom. The molecule has 0 fully saturated rings. The van der Waals surface area contributed by atoms with Gasteiger partial charge in [-0.2, -0.15) is 15.0 Å². The molecule has 0 saturated carbocycles. The number of hydrogen-bond donors (Lipinski definition) is 2. The van der Waals surface area contributed by atoms with Gasteiger partial charge in [0, 0.05) is 0 Å². The average molecular weight is 268 g/mol. The summed E-state index contributed by atoms with van der Waals surface area (Å²) in [6.07, 6.45) is 0. The van der Waals surface area contributed by atoms with Crippen LogP contribution in [0.4, 0.5) is 16.3 Å². The third kappa shape index (κ3) is 3.04. The summed E-state index contributed by atoms with van der Waals surface area (Å²) in [7, 11) is 0. The van der Waals surface area contributed by atoms with Crippen LogP contribution in [-0.2, 0) is 0 Å². The zero-order valence-corrected chi connectivity index (χ0v) is 10.3. The van der Waals surface area contributed by atoms with Crippen LogP contribution in [0.1, 0.15) is 18.5 Å². The molecular weight excluding hydrogens is 257 g/mol. The zero-order valence-electron chi connectivity index (χ0n) is 9.56. The summed E-state index contributed by atoms with van der Waals surface area (Å²) in [5.74, 6) is -0.0115. The van der Waals surface area contributed by atoms with Crippen molar-refractivity contribution in [2.75, 3.05) is 11.1 Å². The van der Waals surface area contributed by atoms with E-state index in [1.54, 1.807) is 12.1 Å². The molecule has 94 valence electrons. The van der Waals surface area contributed by atoms with Crippen molar-refractivity contribution in [3.8, 4) is 0 Å². The average Bonchev–Trinajstić information content (AvgIpc) is 2.27. The lowest BCUT2D eigenvalue weighted by molar-refractivity contribution is 0.623. The van der Waals surface area contributed by atoms with Gasteiger partial charge in [-0.15, -0.1) is 0 Å². The first-order chi connectivity index (χ1) is 8.54. The van der Waals surface area contributed by atoms with Gasteiger partial charge < -0.3 is 11.1 Å². The fourth-order valence-corrected chi connectivity index (χ4v) is 1.65. The first-order valence-electron chi connectivity index (χ1n) is 5.23. The summed E-state index contributed by atoms with van der Waals surface area (Å²) in [4.78, 5) is 11.4. The van der Waals surface area contributed by atoms with Crippen LogP contribution in [0.3, 0.4) is 0 Å². The van der Waals surface area contributed by atoms with E-state index in [1.165, 1.54) is 12.1 Å². The van der Waals surface area contributed by atoms with Gasteiger partial charge in [0.1, 0.15) is 5.82 Å². The number of anilines is 2. The Kier molecular flexibility index (Phi) is 3.57. The van der Waals surface area contributed by atoms with Gasteiger partial charge in [0.15, 0.2) is 0 Å². The number of nitrogens with two attached hydrogens (primary N) is 1. The van der Waals surface area contributed by atoms with Gasteiger partial charge in [-0.1, -0.05) is 12.1 Å². The number of nitrogens with one attached hydrogen (secondary N) is 1. The molecule has 0 saturated heterocycles. The molecule has 3 N–H and O–H groups in total. The van der Waals surface area contributed by atoms with E-state index in [4.69, 9.17) is 17.3 Å². The summed E-state index contributed by atoms with van der Waals surface area (Å²) >= 11 is 5.66. The molecule has 0 aliphatic carbocycles. The molecule has 0 amide bonds. The van der Waals surface area contributed by atoms with E-state index in [-0.39, 0.29) is 29.0 Å². The second kappa shape index (κ2) is 5.14. The molecule has 1 unspecified atom stereocenters. The lowest BCUT2D eigenvalue weighted by atomic mass is 10.1. The van der Waals surface area contributed by atoms with Crippen molar-refractivity contribution in [1.82, 2.24) is 15.0 Å². The van der Waals surface area contributed by atoms with Crippen molar-refractivity contribution in [1.29, 1.82) is 0 Å². The Hall–Kier alpha value is -1.95. The van der Waals surface area contributed by atoms with E-state index in [2.05, 4.69) is 20.3 Å². The number of rotatable bonds is 3. The van der Waals surface area contributed by atoms with E-state index in [1.807, 2.05) is 6.92 Å². The smallest absolute Gasteiger partial charge is 0.229 e. The van der Waals surface area contributed by atoms with Crippen LogP contribution in [-0.4, -0.2) is 15.0 Å². The van der Waals surface area contributed by atoms with E-state index >= 15 is 0 Å². The molecule has 0 aliphatic heterocycles. The summed E-state index contributed by atoms with van der Waals surface area (Å²) in [6.45, 7) is 1.85. The minimum absolute atomic E-state index is 0.0106. The second-order valence-electron chi connectivity index (χ2n) is 3.71. The molecular formula is C11H11ClFN5. The predicted octanol–water partition coefficient (Wildman–Crippen LogP) is 2.42. The van der Waals surface area contributed by atoms with Gasteiger partial charge >= 0.3 is 0 Å². The number of nitrogen functional groups attached to an aromatic ring is 1. The van der Waals surface area contributed by atoms with Crippen LogP contribution in [0.5, 0.6) is 0 Å². The lowest BCUT2D eigenvalue weighted by Gasteiger charge is -2.14. The van der Waals surface area contributed by atoms with Gasteiger partial charge in [-0.05, 0) is 36.2 Å². The maximum atomic E-state index is 13.1. The van der Waals surface area contributed by atoms with Crippen LogP contribution < -0.4 is 11.1 Å². The van der Waals surface area contributed by atoms with Gasteiger partial charge in [-0.25, -0.2) is 4.39 Å². The fourth-order valence-electron chi connectivity index (χ4n) is 1.48. The van der Waals surface area contributed by atoms with Gasteiger partial charge in [-0.3, -0.25) is 0 Å². The maximum absolute atomic E-state index is 13.1. The van der Waals surface area contributed by atoms with Crippen molar-refractivity contribution >= 4 is 23.5 Å². The van der Waals surface area contributed by atoms with Crippen molar-refractivity contribution in [3.05, 3.63) is 40.9 Å². The van der Waals surface area contributed by atoms with Crippen LogP contribution in [0.2, 0.25) is 5.28 Å². The lowest BCUT2D eigenvalue weighted by Crippen LogP contribution is -2.11. The third-order valence-electron chi connectivity index (χ3n) is 2.32. The highest BCUT2D eigenvalue weighted by molar-refractivity contribution is 6.28. The Morgan fingerprint density at radius 1 is 1.33 bits per heavy atom. The Labute approximate surface area is 108 Å². The van der Waals surface area contributed by atoms with Gasteiger partial charge in [0.2, 0.25) is 17.2 Å². The molecule has 2 aromatic rings. The molecule has 1 aromatic heterocycles. The monoisotopic (exact) mass is 267 g/mol. The Morgan fingerprint density at radius 3 is 2.78 bits per heavy atom. The molecule has 5 nitrogen and oxygen atoms in total. The van der Waals surface area contributed by atoms with E-state index < -0.39 is 0 Å². The van der Waals surface area contributed by atoms with Crippen LogP contribution in [0.15, 0.2) is 24.3 Å². The van der Waals surface area contributed by atoms with Gasteiger partial charge in [0.25, 0.3) is 0 Å². The topological polar surface area (TPSA) is 76.7 Å². The van der Waals surface area contributed by atoms with Crippen molar-refractivity contribution in [3.63, 3.8) is 0 Å². The summed E-state index contributed by atoms with van der Waals surface area (Å²) in [5.41, 5.74) is 6.22. The number of halogens is 2. The number of hydrogen-bond acceptors (Lipinski definition) is 5. The molecule has 0 aliphatic rings. The predicted molar refractivity (Wildman–Crippen MR) is 67.7 cm³/mol. The molecule has 1 atom stereocenters. The highest BCUT2D eigenvalue weighted by Crippen LogP contribution is 2.18. The largest absolute Gasteiger partial charge is 0.368 e. The minimum Gasteiger partial charge on any atom is -0.368 e. The molecule has 0 spiro atoms. The fraction of sp³-hybridized carbons (Fsp3) is 0.182. The molecule has 18 heavy (non-hydrogen) atoms. The first-order valence-corrected chi connectivity index (χ1v) is 5.61. The maximum Gasteiger partial charge on any atom is 0.229 e. The minimum atomic E-state index is -0.297. The molecule has 0 radical (unpaired) electrons. The van der Waals surface area contributed by atoms with Crippen molar-refractivity contribution in [2.24, 2.45) is 0 Å². The van der Waals surface area contributed by atoms with E-state index in [0.29, 0.717) is 0 Å². The zero-order chi connectivity index (χ0) is 13.1. The molecule has 1 heterocycles. The highest BCUT2D eigenvalue weighted by Gasteiger charge is 2.09. The second-order valence-corrected chi connectivity index (χ2v) is 4.05. The molecule has 7 heteroatoms. The van der Waals surface area contributed by atoms with Crippen LogP contribution >= 0.6 is 11.6 Å². The standard InChI is InChI=1S/C11H11ClFN5/c1-6(7-3-2-4-8(13)5-7)15-11-17-9(12)16-10(14)18-11/h2-6H,1H3,(H3,14,15,16,17,18). The normalized spacial score (nSPS) is 12.2. The quantitative estimate of drug-likeness (QED) is 0.893. The van der Waals surface area contributed by atoms with Crippen LogP contribution in [0, 0.1) is 5.82 Å². The number of nitrogens with zero attached hydrogens (tertiary/aromatic N) is 3. The van der Waals surface area contributed by atoms with Crippen molar-refractivity contribution in [2.45, 2.75) is 13.0 Å². The first kappa shape index (κ1) is 12.5. The molecule has 1 aromatic carbocycles. The van der Waals surface area contributed by atoms with E-state index in [0.717, 1.165) is 5.56 Å². The Bertz CT molecular complexity index is 543. The Balaban J connectivity index is 2.18. The highest BCUT2D eigenvalue weighted by atomic mass is 35.5. The third-order valence-corrected chi connectivity index (χ3v) is 2.49. The summed E-state index contributed by atoms with van der Waals surface area (Å²) < 4.78 is 13.1. The van der Waals surface area contributed by atoms with Crippen LogP contribution in [0.25, 0.3) is 0 Å². The SMILES string of the molecule is CC(Nc1nc(N)nc(Cl)n1)c1cccc(F)c1. The van der Waals surface area contributed by atoms with E-state index in [9.17, 15) is 4.39 Å².